The minimum atomic E-state index is 0.839. The average Bonchev–Trinajstić information content (AvgIpc) is 3.06. The molecule has 3 unspecified atom stereocenters. The van der Waals surface area contributed by atoms with Crippen LogP contribution in [0.3, 0.4) is 0 Å². The van der Waals surface area contributed by atoms with Crippen LogP contribution in [0.1, 0.15) is 59.8 Å². The molecule has 3 atom stereocenters. The van der Waals surface area contributed by atoms with E-state index in [1.54, 1.807) is 0 Å². The van der Waals surface area contributed by atoms with Gasteiger partial charge < -0.3 is 0 Å². The number of rotatable bonds is 6. The summed E-state index contributed by atoms with van der Waals surface area (Å²) in [4.78, 5) is 0. The predicted octanol–water partition coefficient (Wildman–Crippen LogP) is 4.49. The Morgan fingerprint density at radius 2 is 1.79 bits per heavy atom. The van der Waals surface area contributed by atoms with Crippen molar-refractivity contribution in [3.8, 4) is 0 Å². The van der Waals surface area contributed by atoms with E-state index < -0.39 is 0 Å². The van der Waals surface area contributed by atoms with Gasteiger partial charge in [-0.1, -0.05) is 53.4 Å². The highest BCUT2D eigenvalue weighted by Gasteiger charge is 2.82. The van der Waals surface area contributed by atoms with E-state index in [0.717, 1.165) is 29.1 Å². The molecule has 0 heterocycles. The Bertz CT molecular complexity index is 196. The zero-order chi connectivity index (χ0) is 10.3. The van der Waals surface area contributed by atoms with Crippen LogP contribution < -0.4 is 0 Å². The summed E-state index contributed by atoms with van der Waals surface area (Å²) in [7, 11) is 0. The maximum atomic E-state index is 2.49. The molecule has 0 radical (unpaired) electrons. The number of unbranched alkanes of at least 4 members (excludes halogenated alkanes) is 1. The highest BCUT2D eigenvalue weighted by Crippen LogP contribution is 2.86. The lowest BCUT2D eigenvalue weighted by Crippen LogP contribution is -2.25. The molecule has 2 aliphatic carbocycles. The van der Waals surface area contributed by atoms with Crippen LogP contribution >= 0.6 is 0 Å². The largest absolute Gasteiger partial charge is 0.0654 e. The molecule has 0 aromatic carbocycles. The standard InChI is InChI=1S/C14H26/c1-5-8-9-14(10(4)6-2)12-11(7-3)13(12)14/h10-13H,5-9H2,1-4H3. The summed E-state index contributed by atoms with van der Waals surface area (Å²) < 4.78 is 0. The van der Waals surface area contributed by atoms with Gasteiger partial charge in [0.2, 0.25) is 0 Å². The molecule has 0 spiro atoms. The Morgan fingerprint density at radius 1 is 1.14 bits per heavy atom. The Labute approximate surface area is 89.5 Å². The summed E-state index contributed by atoms with van der Waals surface area (Å²) in [6.45, 7) is 9.57. The van der Waals surface area contributed by atoms with Crippen LogP contribution in [0.5, 0.6) is 0 Å². The first-order valence-corrected chi connectivity index (χ1v) is 6.73. The van der Waals surface area contributed by atoms with Crippen LogP contribution in [0.4, 0.5) is 0 Å². The zero-order valence-electron chi connectivity index (χ0n) is 10.3. The Hall–Kier alpha value is 0. The van der Waals surface area contributed by atoms with E-state index in [4.69, 9.17) is 0 Å². The Morgan fingerprint density at radius 3 is 2.21 bits per heavy atom. The molecule has 0 aromatic heterocycles. The fourth-order valence-corrected chi connectivity index (χ4v) is 4.18. The third-order valence-electron chi connectivity index (χ3n) is 5.27. The van der Waals surface area contributed by atoms with Crippen molar-refractivity contribution in [2.24, 2.45) is 29.1 Å². The van der Waals surface area contributed by atoms with Gasteiger partial charge in [-0.2, -0.15) is 0 Å². The first-order valence-electron chi connectivity index (χ1n) is 6.73. The molecule has 0 N–H and O–H groups in total. The van der Waals surface area contributed by atoms with Crippen LogP contribution in [0.2, 0.25) is 0 Å². The van der Waals surface area contributed by atoms with Gasteiger partial charge in [-0.25, -0.2) is 0 Å². The van der Waals surface area contributed by atoms with E-state index in [2.05, 4.69) is 27.7 Å². The second kappa shape index (κ2) is 3.54. The van der Waals surface area contributed by atoms with E-state index in [1.807, 2.05) is 0 Å². The van der Waals surface area contributed by atoms with Crippen molar-refractivity contribution in [3.63, 3.8) is 0 Å². The number of hydrogen-bond acceptors (Lipinski definition) is 0. The van der Waals surface area contributed by atoms with E-state index in [1.165, 1.54) is 32.1 Å². The van der Waals surface area contributed by atoms with Gasteiger partial charge in [-0.05, 0) is 35.5 Å². The topological polar surface area (TPSA) is 0 Å². The summed E-state index contributed by atoms with van der Waals surface area (Å²) in [5.74, 6) is 4.45. The normalized spacial score (nSPS) is 45.9. The van der Waals surface area contributed by atoms with Crippen molar-refractivity contribution < 1.29 is 0 Å². The summed E-state index contributed by atoms with van der Waals surface area (Å²) >= 11 is 0. The van der Waals surface area contributed by atoms with Gasteiger partial charge in [0, 0.05) is 0 Å². The van der Waals surface area contributed by atoms with E-state index >= 15 is 0 Å². The monoisotopic (exact) mass is 194 g/mol. The molecule has 0 nitrogen and oxygen atoms in total. The van der Waals surface area contributed by atoms with Crippen LogP contribution in [0.15, 0.2) is 0 Å². The van der Waals surface area contributed by atoms with Crippen molar-refractivity contribution in [1.29, 1.82) is 0 Å². The van der Waals surface area contributed by atoms with Crippen LogP contribution in [0, 0.1) is 29.1 Å². The van der Waals surface area contributed by atoms with Gasteiger partial charge >= 0.3 is 0 Å². The lowest BCUT2D eigenvalue weighted by Gasteiger charge is -2.32. The SMILES string of the molecule is CCCCC1(C(C)CC)C2C(CC)C21. The number of fused-ring (bicyclic) bond motifs is 1. The molecule has 2 aliphatic rings. The molecule has 0 aliphatic heterocycles. The van der Waals surface area contributed by atoms with Gasteiger partial charge in [-0.3, -0.25) is 0 Å². The highest BCUT2D eigenvalue weighted by atomic mass is 14.9. The fourth-order valence-electron chi connectivity index (χ4n) is 4.18. The van der Waals surface area contributed by atoms with E-state index in [9.17, 15) is 0 Å². The third kappa shape index (κ3) is 1.19. The predicted molar refractivity (Wildman–Crippen MR) is 62.2 cm³/mol. The van der Waals surface area contributed by atoms with Crippen molar-refractivity contribution in [1.82, 2.24) is 0 Å². The first-order chi connectivity index (χ1) is 6.73. The van der Waals surface area contributed by atoms with Crippen molar-refractivity contribution in [2.75, 3.05) is 0 Å². The fraction of sp³-hybridized carbons (Fsp3) is 1.00. The quantitative estimate of drug-likeness (QED) is 0.584. The van der Waals surface area contributed by atoms with Crippen LogP contribution in [-0.2, 0) is 0 Å². The second-order valence-electron chi connectivity index (χ2n) is 5.65. The minimum Gasteiger partial charge on any atom is -0.0654 e. The van der Waals surface area contributed by atoms with Gasteiger partial charge in [0.25, 0.3) is 0 Å². The Kier molecular flexibility index (Phi) is 2.66. The smallest absolute Gasteiger partial charge is 0.0204 e. The second-order valence-corrected chi connectivity index (χ2v) is 5.65. The maximum Gasteiger partial charge on any atom is -0.0204 e. The molecular formula is C14H26. The van der Waals surface area contributed by atoms with E-state index in [0.29, 0.717) is 0 Å². The first kappa shape index (κ1) is 10.5. The molecule has 0 heteroatoms. The molecule has 0 bridgehead atoms. The Balaban J connectivity index is 1.91. The third-order valence-corrected chi connectivity index (χ3v) is 5.27. The molecule has 0 saturated heterocycles. The molecule has 2 fully saturated rings. The van der Waals surface area contributed by atoms with Gasteiger partial charge in [0.05, 0.1) is 0 Å². The van der Waals surface area contributed by atoms with Gasteiger partial charge in [-0.15, -0.1) is 0 Å². The molecule has 82 valence electrons. The lowest BCUT2D eigenvalue weighted by atomic mass is 9.73. The summed E-state index contributed by atoms with van der Waals surface area (Å²) in [5.41, 5.74) is 0.839. The molecule has 14 heavy (non-hydrogen) atoms. The van der Waals surface area contributed by atoms with Gasteiger partial charge in [0.1, 0.15) is 0 Å². The van der Waals surface area contributed by atoms with Crippen molar-refractivity contribution >= 4 is 0 Å². The van der Waals surface area contributed by atoms with Crippen LogP contribution in [0.25, 0.3) is 0 Å². The minimum absolute atomic E-state index is 0.839. The summed E-state index contributed by atoms with van der Waals surface area (Å²) in [6, 6.07) is 0. The zero-order valence-corrected chi connectivity index (χ0v) is 10.3. The molecule has 2 saturated carbocycles. The van der Waals surface area contributed by atoms with Gasteiger partial charge in [0.15, 0.2) is 0 Å². The van der Waals surface area contributed by atoms with Crippen molar-refractivity contribution in [2.45, 2.75) is 59.8 Å². The number of hydrogen-bond donors (Lipinski definition) is 0. The summed E-state index contributed by atoms with van der Waals surface area (Å²) in [6.07, 6.45) is 7.22. The molecule has 0 aromatic rings. The molecule has 2 rings (SSSR count). The highest BCUT2D eigenvalue weighted by molar-refractivity contribution is 5.29. The lowest BCUT2D eigenvalue weighted by molar-refractivity contribution is 0.168. The van der Waals surface area contributed by atoms with E-state index in [-0.39, 0.29) is 0 Å². The average molecular weight is 194 g/mol. The molecule has 0 amide bonds. The summed E-state index contributed by atoms with van der Waals surface area (Å²) in [5, 5.41) is 0. The van der Waals surface area contributed by atoms with Crippen molar-refractivity contribution in [3.05, 3.63) is 0 Å². The molecular weight excluding hydrogens is 168 g/mol. The maximum absolute atomic E-state index is 2.49. The van der Waals surface area contributed by atoms with Crippen LogP contribution in [-0.4, -0.2) is 0 Å².